The largest absolute Gasteiger partial charge is 0.446 e. The summed E-state index contributed by atoms with van der Waals surface area (Å²) >= 11 is 0. The summed E-state index contributed by atoms with van der Waals surface area (Å²) < 4.78 is 5.80. The van der Waals surface area contributed by atoms with Gasteiger partial charge < -0.3 is 14.5 Å². The van der Waals surface area contributed by atoms with Crippen LogP contribution in [0.3, 0.4) is 0 Å². The van der Waals surface area contributed by atoms with E-state index in [0.717, 1.165) is 37.7 Å². The van der Waals surface area contributed by atoms with Gasteiger partial charge in [0.2, 0.25) is 5.91 Å². The molecule has 174 valence electrons. The Morgan fingerprint density at radius 2 is 1.79 bits per heavy atom. The summed E-state index contributed by atoms with van der Waals surface area (Å²) in [7, 11) is 0. The first-order chi connectivity index (χ1) is 16.1. The maximum atomic E-state index is 14.0. The van der Waals surface area contributed by atoms with E-state index in [-0.39, 0.29) is 18.1 Å². The minimum absolute atomic E-state index is 0.0588. The van der Waals surface area contributed by atoms with Gasteiger partial charge in [0.15, 0.2) is 0 Å². The van der Waals surface area contributed by atoms with Crippen molar-refractivity contribution in [2.75, 3.05) is 13.1 Å². The van der Waals surface area contributed by atoms with Crippen molar-refractivity contribution in [3.63, 3.8) is 0 Å². The maximum absolute atomic E-state index is 14.0. The number of piperidine rings is 1. The number of fused-ring (bicyclic) bond motifs is 1. The zero-order valence-corrected chi connectivity index (χ0v) is 19.2. The standard InChI is InChI=1S/C27H33N3O3/c31-25-27(12-15-29(16-13-27)26(32)33-24-10-2-1-3-11-24)17-22-8-4-5-9-23(22)20-30(25)19-21-7-6-14-28-18-21/h4-9,14,18,24H,1-3,10-13,15-17,19-20H2. The highest BCUT2D eigenvalue weighted by atomic mass is 16.6. The lowest BCUT2D eigenvalue weighted by molar-refractivity contribution is -0.146. The monoisotopic (exact) mass is 447 g/mol. The number of aromatic nitrogens is 1. The molecule has 33 heavy (non-hydrogen) atoms. The molecule has 2 aliphatic heterocycles. The molecule has 0 unspecified atom stereocenters. The Morgan fingerprint density at radius 3 is 2.52 bits per heavy atom. The zero-order valence-electron chi connectivity index (χ0n) is 19.2. The number of carbonyl (C=O) groups is 2. The normalized spacial score (nSPS) is 20.9. The molecule has 6 heteroatoms. The molecule has 0 bridgehead atoms. The lowest BCUT2D eigenvalue weighted by Gasteiger charge is -2.42. The Labute approximate surface area is 195 Å². The van der Waals surface area contributed by atoms with E-state index >= 15 is 0 Å². The third-order valence-corrected chi connectivity index (χ3v) is 7.64. The van der Waals surface area contributed by atoms with Gasteiger partial charge in [0.1, 0.15) is 6.10 Å². The number of carbonyl (C=O) groups excluding carboxylic acids is 2. The quantitative estimate of drug-likeness (QED) is 0.683. The molecule has 1 aromatic heterocycles. The number of rotatable bonds is 3. The van der Waals surface area contributed by atoms with Gasteiger partial charge in [-0.1, -0.05) is 36.8 Å². The van der Waals surface area contributed by atoms with Crippen molar-refractivity contribution in [2.24, 2.45) is 5.41 Å². The summed E-state index contributed by atoms with van der Waals surface area (Å²) in [4.78, 5) is 34.8. The van der Waals surface area contributed by atoms with Gasteiger partial charge in [0, 0.05) is 38.6 Å². The number of hydrogen-bond acceptors (Lipinski definition) is 4. The van der Waals surface area contributed by atoms with Gasteiger partial charge >= 0.3 is 6.09 Å². The molecule has 1 aliphatic carbocycles. The number of pyridine rings is 1. The first-order valence-electron chi connectivity index (χ1n) is 12.3. The smallest absolute Gasteiger partial charge is 0.410 e. The lowest BCUT2D eigenvalue weighted by Crippen LogP contribution is -2.51. The maximum Gasteiger partial charge on any atom is 0.410 e. The number of benzene rings is 1. The molecule has 0 atom stereocenters. The highest BCUT2D eigenvalue weighted by Crippen LogP contribution is 2.41. The summed E-state index contributed by atoms with van der Waals surface area (Å²) in [5.41, 5.74) is 3.02. The molecule has 2 aromatic rings. The van der Waals surface area contributed by atoms with E-state index in [0.29, 0.717) is 39.0 Å². The van der Waals surface area contributed by atoms with Crippen molar-refractivity contribution >= 4 is 12.0 Å². The van der Waals surface area contributed by atoms with E-state index in [9.17, 15) is 9.59 Å². The predicted octanol–water partition coefficient (Wildman–Crippen LogP) is 4.72. The Morgan fingerprint density at radius 1 is 1.03 bits per heavy atom. The highest BCUT2D eigenvalue weighted by molar-refractivity contribution is 5.84. The van der Waals surface area contributed by atoms with Gasteiger partial charge in [-0.15, -0.1) is 0 Å². The van der Waals surface area contributed by atoms with Crippen molar-refractivity contribution in [1.82, 2.24) is 14.8 Å². The number of hydrogen-bond donors (Lipinski definition) is 0. The van der Waals surface area contributed by atoms with Crippen molar-refractivity contribution < 1.29 is 14.3 Å². The molecule has 3 aliphatic rings. The minimum atomic E-state index is -0.476. The second-order valence-corrected chi connectivity index (χ2v) is 9.88. The molecule has 1 aromatic carbocycles. The fourth-order valence-corrected chi connectivity index (χ4v) is 5.69. The molecule has 3 heterocycles. The van der Waals surface area contributed by atoms with Gasteiger partial charge in [0.25, 0.3) is 0 Å². The number of likely N-dealkylation sites (tertiary alicyclic amines) is 1. The molecule has 5 rings (SSSR count). The van der Waals surface area contributed by atoms with Crippen LogP contribution in [0.2, 0.25) is 0 Å². The lowest BCUT2D eigenvalue weighted by atomic mass is 9.73. The van der Waals surface area contributed by atoms with E-state index < -0.39 is 5.41 Å². The molecular weight excluding hydrogens is 414 g/mol. The van der Waals surface area contributed by atoms with Crippen LogP contribution in [-0.2, 0) is 29.0 Å². The second kappa shape index (κ2) is 9.54. The van der Waals surface area contributed by atoms with Crippen LogP contribution in [0.25, 0.3) is 0 Å². The van der Waals surface area contributed by atoms with Crippen LogP contribution in [0.4, 0.5) is 4.79 Å². The molecular formula is C27H33N3O3. The van der Waals surface area contributed by atoms with E-state index in [1.807, 2.05) is 34.2 Å². The summed E-state index contributed by atoms with van der Waals surface area (Å²) in [6.07, 6.45) is 11.0. The summed E-state index contributed by atoms with van der Waals surface area (Å²) in [6, 6.07) is 12.3. The van der Waals surface area contributed by atoms with E-state index in [1.54, 1.807) is 6.20 Å². The van der Waals surface area contributed by atoms with Crippen LogP contribution in [-0.4, -0.2) is 46.0 Å². The fraction of sp³-hybridized carbons (Fsp3) is 0.519. The summed E-state index contributed by atoms with van der Waals surface area (Å²) in [5, 5.41) is 0. The first kappa shape index (κ1) is 21.9. The zero-order chi connectivity index (χ0) is 22.7. The number of ether oxygens (including phenoxy) is 1. The van der Waals surface area contributed by atoms with Crippen molar-refractivity contribution in [3.8, 4) is 0 Å². The third kappa shape index (κ3) is 4.75. The molecule has 6 nitrogen and oxygen atoms in total. The van der Waals surface area contributed by atoms with Gasteiger partial charge in [0.05, 0.1) is 5.41 Å². The minimum Gasteiger partial charge on any atom is -0.446 e. The Kier molecular flexibility index (Phi) is 6.34. The Hall–Kier alpha value is -2.89. The molecule has 2 amide bonds. The fourth-order valence-electron chi connectivity index (χ4n) is 5.69. The van der Waals surface area contributed by atoms with E-state index in [2.05, 4.69) is 23.2 Å². The average molecular weight is 448 g/mol. The van der Waals surface area contributed by atoms with Crippen molar-refractivity contribution in [2.45, 2.75) is 70.6 Å². The molecule has 1 spiro atoms. The second-order valence-electron chi connectivity index (χ2n) is 9.88. The predicted molar refractivity (Wildman–Crippen MR) is 125 cm³/mol. The number of nitrogens with zero attached hydrogens (tertiary/aromatic N) is 3. The van der Waals surface area contributed by atoms with Gasteiger partial charge in [-0.25, -0.2) is 4.79 Å². The van der Waals surface area contributed by atoms with Crippen LogP contribution >= 0.6 is 0 Å². The molecule has 1 saturated carbocycles. The first-order valence-corrected chi connectivity index (χ1v) is 12.3. The van der Waals surface area contributed by atoms with Gasteiger partial charge in [-0.3, -0.25) is 9.78 Å². The van der Waals surface area contributed by atoms with Crippen LogP contribution in [0.5, 0.6) is 0 Å². The molecule has 0 radical (unpaired) electrons. The Balaban J connectivity index is 1.33. The van der Waals surface area contributed by atoms with Crippen LogP contribution in [0.1, 0.15) is 61.6 Å². The molecule has 1 saturated heterocycles. The third-order valence-electron chi connectivity index (χ3n) is 7.64. The Bertz CT molecular complexity index is 979. The average Bonchev–Trinajstić information content (AvgIpc) is 2.96. The van der Waals surface area contributed by atoms with Gasteiger partial charge in [-0.05, 0) is 67.7 Å². The van der Waals surface area contributed by atoms with Gasteiger partial charge in [-0.2, -0.15) is 0 Å². The van der Waals surface area contributed by atoms with Crippen LogP contribution < -0.4 is 0 Å². The van der Waals surface area contributed by atoms with Crippen LogP contribution in [0.15, 0.2) is 48.8 Å². The van der Waals surface area contributed by atoms with E-state index in [4.69, 9.17) is 4.74 Å². The summed E-state index contributed by atoms with van der Waals surface area (Å²) in [5.74, 6) is 0.197. The number of amides is 2. The van der Waals surface area contributed by atoms with E-state index in [1.165, 1.54) is 17.5 Å². The van der Waals surface area contributed by atoms with Crippen molar-refractivity contribution in [3.05, 3.63) is 65.5 Å². The molecule has 0 N–H and O–H groups in total. The molecule has 2 fully saturated rings. The summed E-state index contributed by atoms with van der Waals surface area (Å²) in [6.45, 7) is 2.30. The van der Waals surface area contributed by atoms with Crippen molar-refractivity contribution in [1.29, 1.82) is 0 Å². The van der Waals surface area contributed by atoms with Crippen LogP contribution in [0, 0.1) is 5.41 Å². The highest BCUT2D eigenvalue weighted by Gasteiger charge is 2.46. The SMILES string of the molecule is O=C(OC1CCCCC1)N1CCC2(CC1)Cc1ccccc1CN(Cc1cccnc1)C2=O. The topological polar surface area (TPSA) is 62.7 Å².